The Hall–Kier alpha value is -2.88. The summed E-state index contributed by atoms with van der Waals surface area (Å²) in [7, 11) is 0. The molecule has 2 aromatic rings. The molecule has 3 unspecified atom stereocenters. The molecule has 1 fully saturated rings. The van der Waals surface area contributed by atoms with E-state index in [9.17, 15) is 9.59 Å². The Morgan fingerprint density at radius 3 is 2.22 bits per heavy atom. The van der Waals surface area contributed by atoms with Crippen LogP contribution in [0.15, 0.2) is 42.5 Å². The van der Waals surface area contributed by atoms with Gasteiger partial charge in [-0.15, -0.1) is 0 Å². The van der Waals surface area contributed by atoms with E-state index in [0.29, 0.717) is 12.2 Å². The maximum atomic E-state index is 11.9. The van der Waals surface area contributed by atoms with E-state index in [4.69, 9.17) is 9.47 Å². The van der Waals surface area contributed by atoms with Gasteiger partial charge in [0.2, 0.25) is 0 Å². The fourth-order valence-electron chi connectivity index (χ4n) is 5.79. The van der Waals surface area contributed by atoms with Gasteiger partial charge in [0.05, 0.1) is 12.2 Å². The summed E-state index contributed by atoms with van der Waals surface area (Å²) in [4.78, 5) is 23.8. The molecule has 1 saturated carbocycles. The highest BCUT2D eigenvalue weighted by Gasteiger charge is 2.59. The average Bonchev–Trinajstić information content (AvgIpc) is 2.85. The number of carbonyl (C=O) groups is 2. The summed E-state index contributed by atoms with van der Waals surface area (Å²) in [5, 5.41) is 0. The summed E-state index contributed by atoms with van der Waals surface area (Å²) >= 11 is 0. The largest absolute Gasteiger partial charge is 0.462 e. The van der Waals surface area contributed by atoms with Crippen molar-refractivity contribution in [1.29, 1.82) is 0 Å². The van der Waals surface area contributed by atoms with Gasteiger partial charge in [-0.05, 0) is 66.6 Å². The molecule has 4 nitrogen and oxygen atoms in total. The second-order valence-electron chi connectivity index (χ2n) is 9.61. The van der Waals surface area contributed by atoms with E-state index in [2.05, 4.69) is 45.0 Å². The third-order valence-corrected chi connectivity index (χ3v) is 7.34. The van der Waals surface area contributed by atoms with Crippen LogP contribution in [-0.2, 0) is 25.1 Å². The van der Waals surface area contributed by atoms with Crippen molar-refractivity contribution < 1.29 is 19.1 Å². The van der Waals surface area contributed by atoms with Gasteiger partial charge in [-0.1, -0.05) is 56.7 Å². The van der Waals surface area contributed by atoms with Gasteiger partial charge in [0.1, 0.15) is 6.10 Å². The fourth-order valence-corrected chi connectivity index (χ4v) is 5.79. The van der Waals surface area contributed by atoms with Gasteiger partial charge in [-0.25, -0.2) is 4.79 Å². The van der Waals surface area contributed by atoms with Crippen LogP contribution in [0.5, 0.6) is 0 Å². The number of rotatable bonds is 5. The lowest BCUT2D eigenvalue weighted by Gasteiger charge is -2.43. The smallest absolute Gasteiger partial charge is 0.338 e. The number of hydrogen-bond acceptors (Lipinski definition) is 4. The quantitative estimate of drug-likeness (QED) is 0.425. The third kappa shape index (κ3) is 3.66. The number of fused-ring (bicyclic) bond motifs is 5. The lowest BCUT2D eigenvalue weighted by molar-refractivity contribution is -0.156. The molecule has 0 saturated heterocycles. The zero-order valence-corrected chi connectivity index (χ0v) is 19.7. The molecule has 0 radical (unpaired) electrons. The molecule has 4 rings (SSSR count). The van der Waals surface area contributed by atoms with Gasteiger partial charge in [-0.3, -0.25) is 4.79 Å². The van der Waals surface area contributed by atoms with Crippen molar-refractivity contribution in [3.63, 3.8) is 0 Å². The Morgan fingerprint density at radius 1 is 0.969 bits per heavy atom. The lowest BCUT2D eigenvalue weighted by Crippen LogP contribution is -2.49. The molecule has 2 aromatic carbocycles. The minimum absolute atomic E-state index is 0.119. The predicted molar refractivity (Wildman–Crippen MR) is 126 cm³/mol. The molecular formula is C28H32O4. The van der Waals surface area contributed by atoms with Crippen molar-refractivity contribution in [1.82, 2.24) is 0 Å². The lowest BCUT2D eigenvalue weighted by atomic mass is 9.66. The van der Waals surface area contributed by atoms with Crippen LogP contribution in [0, 0.1) is 0 Å². The van der Waals surface area contributed by atoms with Gasteiger partial charge in [0, 0.05) is 17.8 Å². The Morgan fingerprint density at radius 2 is 1.59 bits per heavy atom. The topological polar surface area (TPSA) is 52.6 Å². The normalized spacial score (nSPS) is 26.4. The van der Waals surface area contributed by atoms with Crippen LogP contribution >= 0.6 is 0 Å². The van der Waals surface area contributed by atoms with Gasteiger partial charge < -0.3 is 9.47 Å². The molecule has 2 aliphatic carbocycles. The summed E-state index contributed by atoms with van der Waals surface area (Å²) in [6.45, 7) is 10.3. The molecule has 0 heterocycles. The van der Waals surface area contributed by atoms with Crippen molar-refractivity contribution in [2.24, 2.45) is 0 Å². The molecule has 2 aliphatic rings. The van der Waals surface area contributed by atoms with Crippen LogP contribution in [0.2, 0.25) is 0 Å². The average molecular weight is 433 g/mol. The molecule has 0 aromatic heterocycles. The molecule has 2 bridgehead atoms. The highest BCUT2D eigenvalue weighted by Crippen LogP contribution is 2.59. The number of esters is 2. The highest BCUT2D eigenvalue weighted by molar-refractivity contribution is 5.90. The molecule has 3 atom stereocenters. The van der Waals surface area contributed by atoms with Gasteiger partial charge >= 0.3 is 11.9 Å². The van der Waals surface area contributed by atoms with E-state index in [0.717, 1.165) is 36.0 Å². The van der Waals surface area contributed by atoms with E-state index in [1.165, 1.54) is 18.1 Å². The summed E-state index contributed by atoms with van der Waals surface area (Å²) in [5.41, 5.74) is 6.24. The summed E-state index contributed by atoms with van der Waals surface area (Å²) in [6.07, 6.45) is 5.21. The minimum atomic E-state index is -0.298. The van der Waals surface area contributed by atoms with E-state index in [-0.39, 0.29) is 28.9 Å². The molecular weight excluding hydrogens is 400 g/mol. The van der Waals surface area contributed by atoms with Crippen molar-refractivity contribution in [2.45, 2.75) is 70.8 Å². The fraction of sp³-hybridized carbons (Fsp3) is 0.429. The first-order valence-electron chi connectivity index (χ1n) is 11.5. The van der Waals surface area contributed by atoms with Gasteiger partial charge in [0.25, 0.3) is 0 Å². The zero-order valence-electron chi connectivity index (χ0n) is 19.7. The van der Waals surface area contributed by atoms with Crippen LogP contribution in [0.4, 0.5) is 0 Å². The van der Waals surface area contributed by atoms with Crippen LogP contribution in [0.1, 0.15) is 86.5 Å². The Bertz CT molecular complexity index is 1080. The minimum Gasteiger partial charge on any atom is -0.462 e. The monoisotopic (exact) mass is 432 g/mol. The van der Waals surface area contributed by atoms with E-state index >= 15 is 0 Å². The molecule has 4 heteroatoms. The molecule has 0 N–H and O–H groups in total. The number of benzene rings is 2. The summed E-state index contributed by atoms with van der Waals surface area (Å²) in [5.74, 6) is -0.502. The Labute approximate surface area is 190 Å². The molecule has 168 valence electrons. The first-order chi connectivity index (χ1) is 15.2. The van der Waals surface area contributed by atoms with Crippen molar-refractivity contribution >= 4 is 23.6 Å². The van der Waals surface area contributed by atoms with Gasteiger partial charge in [0.15, 0.2) is 0 Å². The third-order valence-electron chi connectivity index (χ3n) is 7.34. The number of allylic oxidation sites excluding steroid dienone is 1. The molecule has 0 spiro atoms. The van der Waals surface area contributed by atoms with Crippen LogP contribution in [-0.4, -0.2) is 24.6 Å². The first-order valence-corrected chi connectivity index (χ1v) is 11.5. The standard InChI is InChI=1S/C28H32O4/c1-6-31-25(30)21-10-8-20(9-11-21)16-18(2)22-12-13-23-24(17-22)28(5)15-7-14-27(23,4)26(28)32-19(3)29/h8-13,16-17,26H,6-7,14-15H2,1-5H3. The predicted octanol–water partition coefficient (Wildman–Crippen LogP) is 6.07. The molecule has 0 aliphatic heterocycles. The highest BCUT2D eigenvalue weighted by atomic mass is 16.5. The number of carbonyl (C=O) groups excluding carboxylic acids is 2. The van der Waals surface area contributed by atoms with Crippen LogP contribution in [0.25, 0.3) is 11.6 Å². The number of ether oxygens (including phenoxy) is 2. The molecule has 0 amide bonds. The van der Waals surface area contributed by atoms with Crippen molar-refractivity contribution in [2.75, 3.05) is 6.61 Å². The second-order valence-corrected chi connectivity index (χ2v) is 9.61. The first kappa shape index (κ1) is 22.3. The Balaban J connectivity index is 1.66. The molecule has 32 heavy (non-hydrogen) atoms. The van der Waals surface area contributed by atoms with Gasteiger partial charge in [-0.2, -0.15) is 0 Å². The maximum Gasteiger partial charge on any atom is 0.338 e. The van der Waals surface area contributed by atoms with E-state index < -0.39 is 0 Å². The van der Waals surface area contributed by atoms with Crippen molar-refractivity contribution in [3.8, 4) is 0 Å². The second kappa shape index (κ2) is 8.23. The van der Waals surface area contributed by atoms with E-state index in [1.807, 2.05) is 12.1 Å². The summed E-state index contributed by atoms with van der Waals surface area (Å²) < 4.78 is 11.0. The number of hydrogen-bond donors (Lipinski definition) is 0. The summed E-state index contributed by atoms with van der Waals surface area (Å²) in [6, 6.07) is 14.2. The van der Waals surface area contributed by atoms with Crippen LogP contribution < -0.4 is 0 Å². The van der Waals surface area contributed by atoms with E-state index in [1.54, 1.807) is 19.1 Å². The Kier molecular flexibility index (Phi) is 5.74. The zero-order chi connectivity index (χ0) is 23.1. The SMILES string of the molecule is CCOC(=O)c1ccc(C=C(C)c2ccc3c(c2)C2(C)CCCC3(C)C2OC(C)=O)cc1. The maximum absolute atomic E-state index is 11.9. The van der Waals surface area contributed by atoms with Crippen molar-refractivity contribution in [3.05, 3.63) is 70.3 Å². The van der Waals surface area contributed by atoms with Crippen LogP contribution in [0.3, 0.4) is 0 Å².